The number of benzene rings is 1. The lowest BCUT2D eigenvalue weighted by Gasteiger charge is -2.32. The maximum absolute atomic E-state index is 12.6. The van der Waals surface area contributed by atoms with Crippen molar-refractivity contribution in [1.29, 1.82) is 0 Å². The molecule has 3 atom stereocenters. The van der Waals surface area contributed by atoms with E-state index in [0.717, 1.165) is 24.3 Å². The van der Waals surface area contributed by atoms with Crippen LogP contribution in [0.15, 0.2) is 12.1 Å². The summed E-state index contributed by atoms with van der Waals surface area (Å²) in [5.74, 6) is -0.521. The van der Waals surface area contributed by atoms with E-state index in [4.69, 9.17) is 39.5 Å². The number of halogens is 3. The summed E-state index contributed by atoms with van der Waals surface area (Å²) in [4.78, 5) is 25.6. The Morgan fingerprint density at radius 3 is 2.64 bits per heavy atom. The molecule has 2 rings (SSSR count). The zero-order chi connectivity index (χ0) is 18.6. The van der Waals surface area contributed by atoms with E-state index >= 15 is 0 Å². The number of likely N-dealkylation sites (tertiary alicyclic amines) is 1. The second-order valence-electron chi connectivity index (χ2n) is 6.16. The van der Waals surface area contributed by atoms with Crippen molar-refractivity contribution in [2.24, 2.45) is 5.92 Å². The van der Waals surface area contributed by atoms with Crippen LogP contribution in [0.3, 0.4) is 0 Å². The van der Waals surface area contributed by atoms with Crippen molar-refractivity contribution in [1.82, 2.24) is 0 Å². The Hall–Kier alpha value is -1.01. The normalized spacial score (nSPS) is 21.5. The second-order valence-corrected chi connectivity index (χ2v) is 7.38. The third kappa shape index (κ3) is 5.23. The van der Waals surface area contributed by atoms with E-state index < -0.39 is 0 Å². The molecule has 0 radical (unpaired) electrons. The summed E-state index contributed by atoms with van der Waals surface area (Å²) < 4.78 is 5.11. The zero-order valence-corrected chi connectivity index (χ0v) is 16.5. The number of ether oxygens (including phenoxy) is 1. The van der Waals surface area contributed by atoms with Crippen molar-refractivity contribution in [3.8, 4) is 0 Å². The fourth-order valence-corrected chi connectivity index (χ4v) is 3.59. The lowest BCUT2D eigenvalue weighted by Crippen LogP contribution is -3.18. The Morgan fingerprint density at radius 1 is 1.28 bits per heavy atom. The Morgan fingerprint density at radius 2 is 1.96 bits per heavy atom. The van der Waals surface area contributed by atoms with Crippen LogP contribution in [0.4, 0.5) is 5.69 Å². The van der Waals surface area contributed by atoms with Gasteiger partial charge in [-0.1, -0.05) is 34.8 Å². The molecule has 1 aliphatic heterocycles. The van der Waals surface area contributed by atoms with Crippen LogP contribution in [0.25, 0.3) is 0 Å². The lowest BCUT2D eigenvalue weighted by atomic mass is 9.97. The predicted molar refractivity (Wildman–Crippen MR) is 99.6 cm³/mol. The van der Waals surface area contributed by atoms with Gasteiger partial charge in [0.1, 0.15) is 5.92 Å². The highest BCUT2D eigenvalue weighted by atomic mass is 35.5. The molecule has 0 spiro atoms. The Bertz CT molecular complexity index is 654. The first-order valence-electron chi connectivity index (χ1n) is 8.30. The maximum Gasteiger partial charge on any atom is 0.314 e. The van der Waals surface area contributed by atoms with Crippen molar-refractivity contribution >= 4 is 52.4 Å². The first kappa shape index (κ1) is 20.3. The van der Waals surface area contributed by atoms with Crippen LogP contribution in [-0.2, 0) is 14.3 Å². The number of esters is 1. The van der Waals surface area contributed by atoms with Gasteiger partial charge in [-0.3, -0.25) is 9.59 Å². The summed E-state index contributed by atoms with van der Waals surface area (Å²) in [5.41, 5.74) is 0.422. The topological polar surface area (TPSA) is 59.8 Å². The molecule has 0 bridgehead atoms. The van der Waals surface area contributed by atoms with Crippen molar-refractivity contribution < 1.29 is 19.2 Å². The molecule has 0 aromatic heterocycles. The number of quaternary nitrogens is 1. The smallest absolute Gasteiger partial charge is 0.314 e. The molecule has 25 heavy (non-hydrogen) atoms. The van der Waals surface area contributed by atoms with Gasteiger partial charge in [-0.05, 0) is 38.8 Å². The highest BCUT2D eigenvalue weighted by Gasteiger charge is 2.35. The number of anilines is 1. The Kier molecular flexibility index (Phi) is 7.37. The molecule has 8 heteroatoms. The number of hydrogen-bond donors (Lipinski definition) is 2. The van der Waals surface area contributed by atoms with E-state index in [0.29, 0.717) is 33.9 Å². The maximum atomic E-state index is 12.6. The molecule has 0 aliphatic carbocycles. The number of carbonyl (C=O) groups is 2. The minimum absolute atomic E-state index is 0.160. The van der Waals surface area contributed by atoms with E-state index in [2.05, 4.69) is 5.32 Å². The largest absolute Gasteiger partial charge is 0.466 e. The molecule has 138 valence electrons. The van der Waals surface area contributed by atoms with Gasteiger partial charge in [0.2, 0.25) is 0 Å². The first-order valence-corrected chi connectivity index (χ1v) is 9.43. The summed E-state index contributed by atoms with van der Waals surface area (Å²) in [6.45, 7) is 5.42. The van der Waals surface area contributed by atoms with E-state index in [-0.39, 0.29) is 23.8 Å². The second kappa shape index (κ2) is 9.08. The molecule has 1 unspecified atom stereocenters. The third-order valence-electron chi connectivity index (χ3n) is 4.45. The fourth-order valence-electron chi connectivity index (χ4n) is 3.00. The van der Waals surface area contributed by atoms with Crippen LogP contribution in [0, 0.1) is 5.92 Å². The van der Waals surface area contributed by atoms with E-state index in [1.54, 1.807) is 6.92 Å². The quantitative estimate of drug-likeness (QED) is 0.582. The highest BCUT2D eigenvalue weighted by molar-refractivity contribution is 6.44. The molecule has 1 aliphatic rings. The summed E-state index contributed by atoms with van der Waals surface area (Å²) in [6.07, 6.45) is 1.68. The average Bonchev–Trinajstić information content (AvgIpc) is 2.59. The molecule has 0 saturated carbocycles. The number of piperidine rings is 1. The van der Waals surface area contributed by atoms with Crippen LogP contribution >= 0.6 is 34.8 Å². The third-order valence-corrected chi connectivity index (χ3v) is 5.49. The summed E-state index contributed by atoms with van der Waals surface area (Å²) >= 11 is 18.0. The van der Waals surface area contributed by atoms with Gasteiger partial charge in [-0.15, -0.1) is 0 Å². The van der Waals surface area contributed by atoms with Crippen molar-refractivity contribution in [2.75, 3.05) is 25.0 Å². The van der Waals surface area contributed by atoms with Crippen LogP contribution in [-0.4, -0.2) is 37.6 Å². The fraction of sp³-hybridized carbons (Fsp3) is 0.529. The number of hydrogen-bond acceptors (Lipinski definition) is 3. The van der Waals surface area contributed by atoms with Crippen molar-refractivity contribution in [2.45, 2.75) is 32.7 Å². The van der Waals surface area contributed by atoms with Gasteiger partial charge < -0.3 is 15.0 Å². The van der Waals surface area contributed by atoms with E-state index in [9.17, 15) is 9.59 Å². The Balaban J connectivity index is 2.02. The van der Waals surface area contributed by atoms with E-state index in [1.165, 1.54) is 12.1 Å². The molecule has 1 aromatic carbocycles. The molecular weight excluding hydrogens is 387 g/mol. The number of amides is 1. The SMILES string of the molecule is CCOC(=O)[C@H]1CCC[NH+]([C@@H](C)C(=O)Nc2cc(Cl)c(Cl)cc2Cl)C1. The molecule has 1 amide bonds. The van der Waals surface area contributed by atoms with Gasteiger partial charge >= 0.3 is 5.97 Å². The molecule has 1 heterocycles. The molecule has 5 nitrogen and oxygen atoms in total. The van der Waals surface area contributed by atoms with Crippen LogP contribution in [0.1, 0.15) is 26.7 Å². The van der Waals surface area contributed by atoms with Gasteiger partial charge in [0, 0.05) is 0 Å². The van der Waals surface area contributed by atoms with Gasteiger partial charge in [-0.2, -0.15) is 0 Å². The van der Waals surface area contributed by atoms with Gasteiger partial charge in [-0.25, -0.2) is 0 Å². The lowest BCUT2D eigenvalue weighted by molar-refractivity contribution is -0.921. The van der Waals surface area contributed by atoms with Gasteiger partial charge in [0.05, 0.1) is 40.5 Å². The van der Waals surface area contributed by atoms with Gasteiger partial charge in [0.15, 0.2) is 6.04 Å². The van der Waals surface area contributed by atoms with Crippen molar-refractivity contribution in [3.05, 3.63) is 27.2 Å². The number of carbonyl (C=O) groups excluding carboxylic acids is 2. The molecule has 1 saturated heterocycles. The number of nitrogens with one attached hydrogen (secondary N) is 2. The molecule has 1 fully saturated rings. The number of rotatable bonds is 5. The highest BCUT2D eigenvalue weighted by Crippen LogP contribution is 2.32. The molecule has 1 aromatic rings. The first-order chi connectivity index (χ1) is 11.8. The summed E-state index contributed by atoms with van der Waals surface area (Å²) in [7, 11) is 0. The molecule has 2 N–H and O–H groups in total. The average molecular weight is 409 g/mol. The van der Waals surface area contributed by atoms with Crippen LogP contribution in [0.5, 0.6) is 0 Å². The van der Waals surface area contributed by atoms with Gasteiger partial charge in [0.25, 0.3) is 5.91 Å². The monoisotopic (exact) mass is 407 g/mol. The molecular formula is C17H22Cl3N2O3+. The summed E-state index contributed by atoms with van der Waals surface area (Å²) in [5, 5.41) is 3.77. The van der Waals surface area contributed by atoms with Crippen molar-refractivity contribution in [3.63, 3.8) is 0 Å². The minimum Gasteiger partial charge on any atom is -0.466 e. The Labute approximate surface area is 162 Å². The van der Waals surface area contributed by atoms with Crippen LogP contribution in [0.2, 0.25) is 15.1 Å². The van der Waals surface area contributed by atoms with E-state index in [1.807, 2.05) is 6.92 Å². The predicted octanol–water partition coefficient (Wildman–Crippen LogP) is 2.83. The zero-order valence-electron chi connectivity index (χ0n) is 14.2. The van der Waals surface area contributed by atoms with Crippen LogP contribution < -0.4 is 10.2 Å². The standard InChI is InChI=1S/C17H21Cl3N2O3/c1-3-25-17(24)11-5-4-6-22(9-11)10(2)16(23)21-15-8-13(19)12(18)7-14(15)20/h7-8,10-11H,3-6,9H2,1-2H3,(H,21,23)/p+1/t10-,11-/m0/s1. The summed E-state index contributed by atoms with van der Waals surface area (Å²) in [6, 6.07) is 2.70. The minimum atomic E-state index is -0.331.